The summed E-state index contributed by atoms with van der Waals surface area (Å²) in [4.78, 5) is 4.06. The summed E-state index contributed by atoms with van der Waals surface area (Å²) in [6.07, 6.45) is 2.82. The average Bonchev–Trinajstić information content (AvgIpc) is 2.80. The minimum atomic E-state index is -3.86. The van der Waals surface area contributed by atoms with Crippen molar-refractivity contribution in [1.29, 1.82) is 0 Å². The van der Waals surface area contributed by atoms with Gasteiger partial charge in [0.05, 0.1) is 13.2 Å². The Balaban J connectivity index is 1.94. The van der Waals surface area contributed by atoms with Gasteiger partial charge in [0.15, 0.2) is 0 Å². The summed E-state index contributed by atoms with van der Waals surface area (Å²) in [5.41, 5.74) is -0.219. The summed E-state index contributed by atoms with van der Waals surface area (Å²) < 4.78 is 33.6. The molecule has 0 bridgehead atoms. The molecule has 29 heavy (non-hydrogen) atoms. The predicted octanol–water partition coefficient (Wildman–Crippen LogP) is 2.39. The van der Waals surface area contributed by atoms with E-state index in [1.54, 1.807) is 30.3 Å². The third kappa shape index (κ3) is 3.58. The highest BCUT2D eigenvalue weighted by Crippen LogP contribution is 2.40. The molecule has 0 amide bonds. The number of aromatic nitrogens is 1. The molecule has 2 aromatic carbocycles. The van der Waals surface area contributed by atoms with Gasteiger partial charge >= 0.3 is 0 Å². The highest BCUT2D eigenvalue weighted by atomic mass is 32.2. The summed E-state index contributed by atoms with van der Waals surface area (Å²) in [5, 5.41) is 12.0. The highest BCUT2D eigenvalue weighted by Gasteiger charge is 2.40. The van der Waals surface area contributed by atoms with Crippen molar-refractivity contribution in [3.63, 3.8) is 0 Å². The molecule has 4 rings (SSSR count). The Hall–Kier alpha value is -2.58. The number of hydrogen-bond acceptors (Lipinski definition) is 5. The summed E-state index contributed by atoms with van der Waals surface area (Å²) in [6, 6.07) is 19.7. The summed E-state index contributed by atoms with van der Waals surface area (Å²) in [5.74, 6) is 0. The van der Waals surface area contributed by atoms with Crippen molar-refractivity contribution in [3.05, 3.63) is 95.8 Å². The zero-order valence-corrected chi connectivity index (χ0v) is 16.6. The van der Waals surface area contributed by atoms with Crippen molar-refractivity contribution in [2.45, 2.75) is 10.5 Å². The third-order valence-electron chi connectivity index (χ3n) is 5.15. The zero-order valence-electron chi connectivity index (χ0n) is 15.8. The van der Waals surface area contributed by atoms with Crippen LogP contribution in [0.3, 0.4) is 0 Å². The number of benzene rings is 2. The van der Waals surface area contributed by atoms with Gasteiger partial charge in [-0.2, -0.15) is 4.31 Å². The zero-order chi connectivity index (χ0) is 20.3. The van der Waals surface area contributed by atoms with Crippen molar-refractivity contribution in [2.75, 3.05) is 26.3 Å². The van der Waals surface area contributed by atoms with E-state index in [-0.39, 0.29) is 23.5 Å². The van der Waals surface area contributed by atoms with Gasteiger partial charge in [0.25, 0.3) is 0 Å². The number of nitrogens with zero attached hydrogens (tertiary/aromatic N) is 2. The summed E-state index contributed by atoms with van der Waals surface area (Å²) in [7, 11) is -3.86. The quantitative estimate of drug-likeness (QED) is 0.699. The van der Waals surface area contributed by atoms with Crippen LogP contribution in [0.4, 0.5) is 0 Å². The van der Waals surface area contributed by atoms with Gasteiger partial charge in [0, 0.05) is 31.0 Å². The first kappa shape index (κ1) is 19.7. The molecule has 1 aliphatic rings. The van der Waals surface area contributed by atoms with E-state index < -0.39 is 15.6 Å². The molecule has 0 spiro atoms. The molecule has 0 unspecified atom stereocenters. The van der Waals surface area contributed by atoms with Crippen molar-refractivity contribution in [2.24, 2.45) is 0 Å². The van der Waals surface area contributed by atoms with Gasteiger partial charge in [0.1, 0.15) is 10.5 Å². The fourth-order valence-corrected chi connectivity index (χ4v) is 5.24. The molecule has 1 aliphatic heterocycles. The Morgan fingerprint density at radius 2 is 1.45 bits per heavy atom. The van der Waals surface area contributed by atoms with Gasteiger partial charge in [-0.15, -0.1) is 0 Å². The Labute approximate surface area is 170 Å². The van der Waals surface area contributed by atoms with Gasteiger partial charge in [-0.25, -0.2) is 8.42 Å². The van der Waals surface area contributed by atoms with Crippen LogP contribution in [0, 0.1) is 0 Å². The largest absolute Gasteiger partial charge is 0.379 e. The lowest BCUT2D eigenvalue weighted by Gasteiger charge is -2.33. The maximum Gasteiger partial charge on any atom is 0.245 e. The normalized spacial score (nSPS) is 15.9. The van der Waals surface area contributed by atoms with Gasteiger partial charge in [-0.05, 0) is 17.2 Å². The van der Waals surface area contributed by atoms with E-state index in [4.69, 9.17) is 4.74 Å². The van der Waals surface area contributed by atoms with Crippen LogP contribution in [-0.4, -0.2) is 49.1 Å². The number of pyridine rings is 1. The topological polar surface area (TPSA) is 79.7 Å². The Kier molecular flexibility index (Phi) is 5.47. The Morgan fingerprint density at radius 3 is 2.00 bits per heavy atom. The molecule has 150 valence electrons. The van der Waals surface area contributed by atoms with Gasteiger partial charge in [0.2, 0.25) is 10.0 Å². The fraction of sp³-hybridized carbons (Fsp3) is 0.227. The van der Waals surface area contributed by atoms with E-state index >= 15 is 0 Å². The number of aliphatic hydroxyl groups is 1. The standard InChI is InChI=1S/C22H22N2O4S/c25-22(18-7-3-1-4-8-18,19-9-5-2-6-10-19)20-11-12-23-17-21(20)29(26,27)24-13-15-28-16-14-24/h1-12,17,25H,13-16H2. The van der Waals surface area contributed by atoms with Crippen LogP contribution < -0.4 is 0 Å². The van der Waals surface area contributed by atoms with Crippen LogP contribution in [0.2, 0.25) is 0 Å². The molecule has 1 aromatic heterocycles. The van der Waals surface area contributed by atoms with Gasteiger partial charge in [-0.1, -0.05) is 60.7 Å². The summed E-state index contributed by atoms with van der Waals surface area (Å²) >= 11 is 0. The first-order valence-electron chi connectivity index (χ1n) is 9.40. The lowest BCUT2D eigenvalue weighted by Crippen LogP contribution is -2.42. The monoisotopic (exact) mass is 410 g/mol. The number of hydrogen-bond donors (Lipinski definition) is 1. The number of rotatable bonds is 5. The first-order valence-corrected chi connectivity index (χ1v) is 10.8. The number of morpholine rings is 1. The number of sulfonamides is 1. The minimum Gasteiger partial charge on any atom is -0.379 e. The van der Waals surface area contributed by atoms with Crippen LogP contribution >= 0.6 is 0 Å². The molecular formula is C22H22N2O4S. The smallest absolute Gasteiger partial charge is 0.245 e. The van der Waals surface area contributed by atoms with E-state index in [0.29, 0.717) is 24.3 Å². The molecule has 0 aliphatic carbocycles. The second kappa shape index (κ2) is 8.04. The van der Waals surface area contributed by atoms with E-state index in [1.807, 2.05) is 36.4 Å². The maximum absolute atomic E-state index is 13.4. The second-order valence-electron chi connectivity index (χ2n) is 6.83. The average molecular weight is 410 g/mol. The molecule has 0 atom stereocenters. The number of ether oxygens (including phenoxy) is 1. The molecule has 0 saturated carbocycles. The fourth-order valence-electron chi connectivity index (χ4n) is 3.65. The van der Waals surface area contributed by atoms with E-state index in [1.165, 1.54) is 16.7 Å². The third-order valence-corrected chi connectivity index (χ3v) is 7.07. The van der Waals surface area contributed by atoms with Crippen molar-refractivity contribution in [3.8, 4) is 0 Å². The van der Waals surface area contributed by atoms with Gasteiger partial charge < -0.3 is 9.84 Å². The molecule has 0 radical (unpaired) electrons. The predicted molar refractivity (Wildman–Crippen MR) is 109 cm³/mol. The lowest BCUT2D eigenvalue weighted by molar-refractivity contribution is 0.0727. The van der Waals surface area contributed by atoms with Crippen molar-refractivity contribution >= 4 is 10.0 Å². The first-order chi connectivity index (χ1) is 14.0. The molecule has 2 heterocycles. The second-order valence-corrected chi connectivity index (χ2v) is 8.74. The molecule has 1 N–H and O–H groups in total. The van der Waals surface area contributed by atoms with Crippen LogP contribution in [0.25, 0.3) is 0 Å². The SMILES string of the molecule is O=S(=O)(c1cnccc1C(O)(c1ccccc1)c1ccccc1)N1CCOCC1. The molecule has 6 nitrogen and oxygen atoms in total. The molecule has 7 heteroatoms. The van der Waals surface area contributed by atoms with Crippen LogP contribution in [0.15, 0.2) is 84.0 Å². The minimum absolute atomic E-state index is 0.00268. The van der Waals surface area contributed by atoms with Crippen LogP contribution in [0.5, 0.6) is 0 Å². The summed E-state index contributed by atoms with van der Waals surface area (Å²) in [6.45, 7) is 1.23. The lowest BCUT2D eigenvalue weighted by atomic mass is 9.81. The van der Waals surface area contributed by atoms with Gasteiger partial charge in [-0.3, -0.25) is 4.98 Å². The molecule has 1 fully saturated rings. The molecular weight excluding hydrogens is 388 g/mol. The maximum atomic E-state index is 13.4. The van der Waals surface area contributed by atoms with Crippen LogP contribution in [0.1, 0.15) is 16.7 Å². The van der Waals surface area contributed by atoms with Crippen molar-refractivity contribution in [1.82, 2.24) is 9.29 Å². The molecule has 3 aromatic rings. The van der Waals surface area contributed by atoms with Crippen LogP contribution in [-0.2, 0) is 20.4 Å². The van der Waals surface area contributed by atoms with E-state index in [9.17, 15) is 13.5 Å². The highest BCUT2D eigenvalue weighted by molar-refractivity contribution is 7.89. The molecule has 1 saturated heterocycles. The Morgan fingerprint density at radius 1 is 0.897 bits per heavy atom. The van der Waals surface area contributed by atoms with Crippen molar-refractivity contribution < 1.29 is 18.3 Å². The Bertz CT molecular complexity index is 1030. The van der Waals surface area contributed by atoms with E-state index in [0.717, 1.165) is 0 Å². The van der Waals surface area contributed by atoms with E-state index in [2.05, 4.69) is 4.98 Å².